The van der Waals surface area contributed by atoms with E-state index in [0.717, 1.165) is 42.9 Å². The summed E-state index contributed by atoms with van der Waals surface area (Å²) in [5.74, 6) is 0.846. The van der Waals surface area contributed by atoms with Crippen molar-refractivity contribution in [1.29, 1.82) is 0 Å². The molecule has 0 radical (unpaired) electrons. The quantitative estimate of drug-likeness (QED) is 0.446. The molecule has 1 aliphatic heterocycles. The van der Waals surface area contributed by atoms with Gasteiger partial charge in [0.2, 0.25) is 0 Å². The van der Waals surface area contributed by atoms with E-state index in [1.165, 1.54) is 5.56 Å². The van der Waals surface area contributed by atoms with Crippen molar-refractivity contribution in [3.05, 3.63) is 34.3 Å². The predicted octanol–water partition coefficient (Wildman–Crippen LogP) is 3.58. The molecule has 1 fully saturated rings. The highest BCUT2D eigenvalue weighted by Crippen LogP contribution is 2.29. The normalized spacial score (nSPS) is 16.5. The first-order valence-corrected chi connectivity index (χ1v) is 10.1. The van der Waals surface area contributed by atoms with Crippen molar-refractivity contribution in [3.63, 3.8) is 0 Å². The molecular formula is C20H30BrN3O2. The molecule has 0 atom stereocenters. The van der Waals surface area contributed by atoms with Gasteiger partial charge in [0.05, 0.1) is 12.5 Å². The number of esters is 1. The summed E-state index contributed by atoms with van der Waals surface area (Å²) in [6.45, 7) is 9.16. The third-order valence-corrected chi connectivity index (χ3v) is 5.61. The lowest BCUT2D eigenvalue weighted by Gasteiger charge is -2.35. The third kappa shape index (κ3) is 5.22. The number of nitrogens with one attached hydrogen (secondary N) is 1. The van der Waals surface area contributed by atoms with Crippen LogP contribution >= 0.6 is 15.9 Å². The van der Waals surface area contributed by atoms with Crippen LogP contribution in [-0.4, -0.2) is 50.1 Å². The molecule has 1 aliphatic rings. The number of carbonyl (C=O) groups is 1. The molecule has 1 heterocycles. The lowest BCUT2D eigenvalue weighted by molar-refractivity contribution is -0.149. The number of piperidine rings is 1. The Morgan fingerprint density at radius 1 is 1.35 bits per heavy atom. The van der Waals surface area contributed by atoms with Gasteiger partial charge in [-0.25, -0.2) is 0 Å². The maximum Gasteiger partial charge on any atom is 0.309 e. The van der Waals surface area contributed by atoms with Crippen LogP contribution in [-0.2, 0) is 14.9 Å². The molecule has 5 nitrogen and oxygen atoms in total. The summed E-state index contributed by atoms with van der Waals surface area (Å²) in [4.78, 5) is 18.6. The van der Waals surface area contributed by atoms with Crippen LogP contribution in [0.5, 0.6) is 0 Å². The first-order chi connectivity index (χ1) is 12.4. The molecule has 0 spiro atoms. The number of carbonyl (C=O) groups excluding carboxylic acids is 1. The monoisotopic (exact) mass is 423 g/mol. The number of hydrogen-bond acceptors (Lipinski definition) is 3. The Morgan fingerprint density at radius 2 is 2.00 bits per heavy atom. The molecular weight excluding hydrogens is 394 g/mol. The van der Waals surface area contributed by atoms with Gasteiger partial charge in [-0.3, -0.25) is 9.79 Å². The molecule has 0 aliphatic carbocycles. The molecule has 26 heavy (non-hydrogen) atoms. The number of hydrogen-bond donors (Lipinski definition) is 1. The van der Waals surface area contributed by atoms with Crippen LogP contribution in [0.4, 0.5) is 0 Å². The molecule has 6 heteroatoms. The summed E-state index contributed by atoms with van der Waals surface area (Å²) < 4.78 is 6.27. The number of guanidine groups is 1. The zero-order valence-corrected chi connectivity index (χ0v) is 17.8. The molecule has 2 rings (SSSR count). The summed E-state index contributed by atoms with van der Waals surface area (Å²) in [5.41, 5.74) is 1.23. The fourth-order valence-corrected chi connectivity index (χ4v) is 4.15. The summed E-state index contributed by atoms with van der Waals surface area (Å²) >= 11 is 3.65. The molecule has 1 aromatic carbocycles. The van der Waals surface area contributed by atoms with Crippen molar-refractivity contribution in [2.45, 2.75) is 39.0 Å². The van der Waals surface area contributed by atoms with Crippen molar-refractivity contribution in [2.75, 3.05) is 33.3 Å². The van der Waals surface area contributed by atoms with Gasteiger partial charge in [0.25, 0.3) is 0 Å². The number of aliphatic imine (C=N–C) groups is 1. The number of likely N-dealkylation sites (tertiary alicyclic amines) is 1. The second-order valence-electron chi connectivity index (χ2n) is 7.28. The fraction of sp³-hybridized carbons (Fsp3) is 0.600. The maximum absolute atomic E-state index is 11.9. The largest absolute Gasteiger partial charge is 0.466 e. The zero-order chi connectivity index (χ0) is 19.2. The average Bonchev–Trinajstić information content (AvgIpc) is 2.63. The van der Waals surface area contributed by atoms with Crippen molar-refractivity contribution in [1.82, 2.24) is 10.2 Å². The van der Waals surface area contributed by atoms with Crippen molar-refractivity contribution < 1.29 is 9.53 Å². The summed E-state index contributed by atoms with van der Waals surface area (Å²) in [6.07, 6.45) is 1.63. The van der Waals surface area contributed by atoms with Gasteiger partial charge in [0.1, 0.15) is 0 Å². The molecule has 0 unspecified atom stereocenters. The van der Waals surface area contributed by atoms with E-state index in [1.54, 1.807) is 0 Å². The Kier molecular flexibility index (Phi) is 7.50. The molecule has 1 N–H and O–H groups in total. The van der Waals surface area contributed by atoms with Crippen LogP contribution < -0.4 is 5.32 Å². The van der Waals surface area contributed by atoms with Gasteiger partial charge in [0.15, 0.2) is 5.96 Å². The molecule has 0 saturated carbocycles. The van der Waals surface area contributed by atoms with Crippen LogP contribution in [0, 0.1) is 5.92 Å². The van der Waals surface area contributed by atoms with Crippen molar-refractivity contribution >= 4 is 27.9 Å². The minimum atomic E-state index is -0.0647. The lowest BCUT2D eigenvalue weighted by Crippen LogP contribution is -2.49. The number of halogens is 1. The molecule has 1 aromatic rings. The second-order valence-corrected chi connectivity index (χ2v) is 8.13. The Balaban J connectivity index is 1.92. The number of benzene rings is 1. The van der Waals surface area contributed by atoms with E-state index in [4.69, 9.17) is 4.74 Å². The Morgan fingerprint density at radius 3 is 2.58 bits per heavy atom. The predicted molar refractivity (Wildman–Crippen MR) is 109 cm³/mol. The standard InChI is InChI=1S/C20H30BrN3O2/c1-5-26-18(25)15-10-12-24(13-11-15)19(22-4)23-14-20(2,3)16-8-6-7-9-17(16)21/h6-9,15H,5,10-14H2,1-4H3,(H,22,23). The SMILES string of the molecule is CCOC(=O)C1CCN(C(=NC)NCC(C)(C)c2ccccc2Br)CC1. The maximum atomic E-state index is 11.9. The van der Waals surface area contributed by atoms with E-state index in [9.17, 15) is 4.79 Å². The van der Waals surface area contributed by atoms with Gasteiger partial charge in [-0.1, -0.05) is 48.0 Å². The molecule has 0 amide bonds. The van der Waals surface area contributed by atoms with E-state index in [0.29, 0.717) is 6.61 Å². The van der Waals surface area contributed by atoms with Gasteiger partial charge in [-0.05, 0) is 31.4 Å². The van der Waals surface area contributed by atoms with Crippen LogP contribution in [0.15, 0.2) is 33.7 Å². The highest BCUT2D eigenvalue weighted by atomic mass is 79.9. The third-order valence-electron chi connectivity index (χ3n) is 4.92. The van der Waals surface area contributed by atoms with Crippen molar-refractivity contribution in [3.8, 4) is 0 Å². The summed E-state index contributed by atoms with van der Waals surface area (Å²) in [6, 6.07) is 8.33. The van der Waals surface area contributed by atoms with Gasteiger partial charge in [-0.15, -0.1) is 0 Å². The molecule has 0 aromatic heterocycles. The van der Waals surface area contributed by atoms with Crippen molar-refractivity contribution in [2.24, 2.45) is 10.9 Å². The lowest BCUT2D eigenvalue weighted by atomic mass is 9.84. The topological polar surface area (TPSA) is 53.9 Å². The van der Waals surface area contributed by atoms with Gasteiger partial charge >= 0.3 is 5.97 Å². The number of rotatable bonds is 5. The van der Waals surface area contributed by atoms with Gasteiger partial charge in [-0.2, -0.15) is 0 Å². The minimum absolute atomic E-state index is 0.0148. The van der Waals surface area contributed by atoms with Crippen LogP contribution in [0.2, 0.25) is 0 Å². The minimum Gasteiger partial charge on any atom is -0.466 e. The van der Waals surface area contributed by atoms with E-state index in [2.05, 4.69) is 63.2 Å². The number of ether oxygens (including phenoxy) is 1. The Labute approximate surface area is 165 Å². The second kappa shape index (κ2) is 9.40. The van der Waals surface area contributed by atoms with E-state index in [1.807, 2.05) is 20.0 Å². The van der Waals surface area contributed by atoms with Crippen LogP contribution in [0.1, 0.15) is 39.2 Å². The molecule has 0 bridgehead atoms. The Hall–Kier alpha value is -1.56. The molecule has 144 valence electrons. The van der Waals surface area contributed by atoms with Gasteiger partial charge in [0, 0.05) is 36.6 Å². The van der Waals surface area contributed by atoms with Crippen LogP contribution in [0.25, 0.3) is 0 Å². The van der Waals surface area contributed by atoms with E-state index in [-0.39, 0.29) is 17.3 Å². The highest BCUT2D eigenvalue weighted by Gasteiger charge is 2.29. The van der Waals surface area contributed by atoms with Crippen LogP contribution in [0.3, 0.4) is 0 Å². The Bertz CT molecular complexity index is 638. The fourth-order valence-electron chi connectivity index (χ4n) is 3.32. The van der Waals surface area contributed by atoms with Gasteiger partial charge < -0.3 is 15.0 Å². The highest BCUT2D eigenvalue weighted by molar-refractivity contribution is 9.10. The summed E-state index contributed by atoms with van der Waals surface area (Å²) in [7, 11) is 1.81. The first-order valence-electron chi connectivity index (χ1n) is 9.26. The molecule has 1 saturated heterocycles. The first kappa shape index (κ1) is 20.7. The summed E-state index contributed by atoms with van der Waals surface area (Å²) in [5, 5.41) is 3.51. The van der Waals surface area contributed by atoms with E-state index < -0.39 is 0 Å². The average molecular weight is 424 g/mol. The van der Waals surface area contributed by atoms with E-state index >= 15 is 0 Å². The smallest absolute Gasteiger partial charge is 0.309 e. The zero-order valence-electron chi connectivity index (χ0n) is 16.2. The number of nitrogens with zero attached hydrogens (tertiary/aromatic N) is 2.